The zero-order chi connectivity index (χ0) is 11.3. The highest BCUT2D eigenvalue weighted by atomic mass is 32.1. The Kier molecular flexibility index (Phi) is 5.25. The first kappa shape index (κ1) is 12.6. The molecule has 0 bridgehead atoms. The average molecular weight is 228 g/mol. The maximum Gasteiger partial charge on any atom is 0.0817 e. The maximum absolute atomic E-state index is 5.69. The van der Waals surface area contributed by atoms with Crippen molar-refractivity contribution >= 4 is 11.3 Å². The highest BCUT2D eigenvalue weighted by Crippen LogP contribution is 2.28. The number of nitrogens with two attached hydrogens (primary N) is 1. The summed E-state index contributed by atoms with van der Waals surface area (Å²) >= 11 is 1.73. The van der Waals surface area contributed by atoms with E-state index >= 15 is 0 Å². The number of hydrogen-bond acceptors (Lipinski definition) is 4. The van der Waals surface area contributed by atoms with Gasteiger partial charge in [0, 0.05) is 11.5 Å². The standard InChI is InChI=1S/C11H20N2OS/c1-4-9(14-5-2)10(13-12)11-8(3)6-7-15-11/h6-7,9-10,13H,4-5,12H2,1-3H3. The van der Waals surface area contributed by atoms with Gasteiger partial charge in [-0.15, -0.1) is 11.3 Å². The molecule has 1 aromatic heterocycles. The summed E-state index contributed by atoms with van der Waals surface area (Å²) in [5.74, 6) is 5.62. The van der Waals surface area contributed by atoms with Gasteiger partial charge in [-0.05, 0) is 37.3 Å². The Morgan fingerprint density at radius 2 is 2.27 bits per heavy atom. The molecule has 3 N–H and O–H groups in total. The lowest BCUT2D eigenvalue weighted by atomic mass is 10.1. The van der Waals surface area contributed by atoms with Gasteiger partial charge >= 0.3 is 0 Å². The largest absolute Gasteiger partial charge is 0.376 e. The molecule has 0 aromatic carbocycles. The van der Waals surface area contributed by atoms with E-state index in [2.05, 4.69) is 30.7 Å². The number of ether oxygens (including phenoxy) is 1. The Morgan fingerprint density at radius 3 is 2.67 bits per heavy atom. The third-order valence-electron chi connectivity index (χ3n) is 2.52. The van der Waals surface area contributed by atoms with Crippen molar-refractivity contribution in [3.05, 3.63) is 21.9 Å². The van der Waals surface area contributed by atoms with E-state index in [-0.39, 0.29) is 12.1 Å². The second kappa shape index (κ2) is 6.23. The zero-order valence-electron chi connectivity index (χ0n) is 9.62. The predicted octanol–water partition coefficient (Wildman–Crippen LogP) is 2.38. The Labute approximate surface area is 95.6 Å². The van der Waals surface area contributed by atoms with Crippen LogP contribution >= 0.6 is 11.3 Å². The Bertz CT molecular complexity index is 288. The smallest absolute Gasteiger partial charge is 0.0817 e. The number of hydrazine groups is 1. The lowest BCUT2D eigenvalue weighted by Gasteiger charge is -2.25. The van der Waals surface area contributed by atoms with Crippen LogP contribution in [0.4, 0.5) is 0 Å². The number of aryl methyl sites for hydroxylation is 1. The van der Waals surface area contributed by atoms with Gasteiger partial charge in [0.25, 0.3) is 0 Å². The van der Waals surface area contributed by atoms with E-state index in [1.165, 1.54) is 10.4 Å². The fourth-order valence-electron chi connectivity index (χ4n) is 1.72. The summed E-state index contributed by atoms with van der Waals surface area (Å²) < 4.78 is 5.69. The molecule has 0 aliphatic carbocycles. The van der Waals surface area contributed by atoms with Gasteiger partial charge in [0.05, 0.1) is 12.1 Å². The van der Waals surface area contributed by atoms with Crippen molar-refractivity contribution in [2.24, 2.45) is 5.84 Å². The highest BCUT2D eigenvalue weighted by Gasteiger charge is 2.23. The van der Waals surface area contributed by atoms with Crippen LogP contribution in [0.15, 0.2) is 11.4 Å². The summed E-state index contributed by atoms with van der Waals surface area (Å²) in [7, 11) is 0. The van der Waals surface area contributed by atoms with E-state index in [0.29, 0.717) is 0 Å². The second-order valence-corrected chi connectivity index (χ2v) is 4.46. The van der Waals surface area contributed by atoms with Gasteiger partial charge in [-0.2, -0.15) is 0 Å². The van der Waals surface area contributed by atoms with E-state index < -0.39 is 0 Å². The molecule has 1 rings (SSSR count). The van der Waals surface area contributed by atoms with Crippen LogP contribution < -0.4 is 11.3 Å². The summed E-state index contributed by atoms with van der Waals surface area (Å²) in [5.41, 5.74) is 4.15. The normalized spacial score (nSPS) is 15.2. The Hall–Kier alpha value is -0.420. The molecule has 1 heterocycles. The number of rotatable bonds is 6. The first-order chi connectivity index (χ1) is 7.24. The van der Waals surface area contributed by atoms with Crippen molar-refractivity contribution in [1.29, 1.82) is 0 Å². The number of hydrogen-bond donors (Lipinski definition) is 2. The summed E-state index contributed by atoms with van der Waals surface area (Å²) in [4.78, 5) is 1.28. The van der Waals surface area contributed by atoms with Crippen LogP contribution in [0.3, 0.4) is 0 Å². The van der Waals surface area contributed by atoms with Crippen LogP contribution in [0.2, 0.25) is 0 Å². The van der Waals surface area contributed by atoms with Crippen LogP contribution in [-0.2, 0) is 4.74 Å². The molecule has 2 unspecified atom stereocenters. The SMILES string of the molecule is CCOC(CC)C(NN)c1sccc1C. The van der Waals surface area contributed by atoms with Gasteiger partial charge in [-0.3, -0.25) is 5.84 Å². The van der Waals surface area contributed by atoms with Crippen molar-refractivity contribution in [2.45, 2.75) is 39.3 Å². The molecule has 4 heteroatoms. The number of nitrogens with one attached hydrogen (secondary N) is 1. The van der Waals surface area contributed by atoms with Crippen LogP contribution in [0.25, 0.3) is 0 Å². The van der Waals surface area contributed by atoms with Gasteiger partial charge in [0.1, 0.15) is 0 Å². The first-order valence-electron chi connectivity index (χ1n) is 5.36. The molecule has 0 radical (unpaired) electrons. The fourth-order valence-corrected chi connectivity index (χ4v) is 2.76. The molecule has 3 nitrogen and oxygen atoms in total. The monoisotopic (exact) mass is 228 g/mol. The minimum Gasteiger partial charge on any atom is -0.376 e. The van der Waals surface area contributed by atoms with Crippen molar-refractivity contribution in [1.82, 2.24) is 5.43 Å². The van der Waals surface area contributed by atoms with Crippen LogP contribution in [0, 0.1) is 6.92 Å². The van der Waals surface area contributed by atoms with Gasteiger partial charge < -0.3 is 4.74 Å². The van der Waals surface area contributed by atoms with Crippen molar-refractivity contribution < 1.29 is 4.74 Å². The van der Waals surface area contributed by atoms with Crippen LogP contribution in [0.1, 0.15) is 36.8 Å². The molecule has 0 aliphatic heterocycles. The molecular weight excluding hydrogens is 208 g/mol. The Balaban J connectivity index is 2.82. The predicted molar refractivity (Wildman–Crippen MR) is 64.8 cm³/mol. The lowest BCUT2D eigenvalue weighted by molar-refractivity contribution is 0.0321. The van der Waals surface area contributed by atoms with Gasteiger partial charge in [-0.25, -0.2) is 5.43 Å². The molecule has 0 amide bonds. The van der Waals surface area contributed by atoms with Gasteiger partial charge in [-0.1, -0.05) is 6.92 Å². The van der Waals surface area contributed by atoms with Gasteiger partial charge in [0.2, 0.25) is 0 Å². The van der Waals surface area contributed by atoms with E-state index in [9.17, 15) is 0 Å². The minimum atomic E-state index is 0.106. The quantitative estimate of drug-likeness (QED) is 0.580. The van der Waals surface area contributed by atoms with Crippen molar-refractivity contribution in [2.75, 3.05) is 6.61 Å². The van der Waals surface area contributed by atoms with Crippen molar-refractivity contribution in [3.8, 4) is 0 Å². The molecule has 0 fully saturated rings. The maximum atomic E-state index is 5.69. The van der Waals surface area contributed by atoms with E-state index in [1.807, 2.05) is 6.92 Å². The second-order valence-electron chi connectivity index (χ2n) is 3.51. The lowest BCUT2D eigenvalue weighted by Crippen LogP contribution is -2.37. The average Bonchev–Trinajstić information content (AvgIpc) is 2.65. The molecule has 2 atom stereocenters. The van der Waals surface area contributed by atoms with Crippen molar-refractivity contribution in [3.63, 3.8) is 0 Å². The van der Waals surface area contributed by atoms with Gasteiger partial charge in [0.15, 0.2) is 0 Å². The molecule has 0 saturated heterocycles. The van der Waals surface area contributed by atoms with E-state index in [0.717, 1.165) is 13.0 Å². The third kappa shape index (κ3) is 3.01. The molecule has 0 spiro atoms. The zero-order valence-corrected chi connectivity index (χ0v) is 10.4. The summed E-state index contributed by atoms with van der Waals surface area (Å²) in [6, 6.07) is 2.22. The van der Waals surface area contributed by atoms with Crippen LogP contribution in [0.5, 0.6) is 0 Å². The highest BCUT2D eigenvalue weighted by molar-refractivity contribution is 7.10. The summed E-state index contributed by atoms with van der Waals surface area (Å²) in [6.07, 6.45) is 1.11. The van der Waals surface area contributed by atoms with E-state index in [1.54, 1.807) is 11.3 Å². The molecule has 15 heavy (non-hydrogen) atoms. The topological polar surface area (TPSA) is 47.3 Å². The molecule has 1 aromatic rings. The molecule has 0 aliphatic rings. The fraction of sp³-hybridized carbons (Fsp3) is 0.636. The summed E-state index contributed by atoms with van der Waals surface area (Å²) in [5, 5.41) is 2.09. The number of thiophene rings is 1. The Morgan fingerprint density at radius 1 is 1.53 bits per heavy atom. The first-order valence-corrected chi connectivity index (χ1v) is 6.24. The molecule has 86 valence electrons. The molecular formula is C11H20N2OS. The third-order valence-corrected chi connectivity index (χ3v) is 3.62. The minimum absolute atomic E-state index is 0.106. The summed E-state index contributed by atoms with van der Waals surface area (Å²) in [6.45, 7) is 6.96. The van der Waals surface area contributed by atoms with E-state index in [4.69, 9.17) is 10.6 Å². The van der Waals surface area contributed by atoms with Crippen LogP contribution in [-0.4, -0.2) is 12.7 Å². The molecule has 0 saturated carbocycles.